The molecule has 2 N–H and O–H groups in total. The molecule has 0 saturated heterocycles. The van der Waals surface area contributed by atoms with Crippen molar-refractivity contribution < 1.29 is 18.8 Å². The van der Waals surface area contributed by atoms with Crippen LogP contribution in [-0.4, -0.2) is 28.7 Å². The highest BCUT2D eigenvalue weighted by molar-refractivity contribution is 5.80. The molecule has 8 heteroatoms. The molecule has 0 saturated carbocycles. The summed E-state index contributed by atoms with van der Waals surface area (Å²) in [6.07, 6.45) is 0. The third kappa shape index (κ3) is 6.16. The topological polar surface area (TPSA) is 106 Å². The standard InChI is InChI=1S/C22H24N4O4/c1-15(2)17-8-10-18(11-9-17)21-25-19(30-26-21)14-29-20(27)13-24-22(28)23-12-16-6-4-3-5-7-16/h3-11,15H,12-14H2,1-2H3,(H2,23,24,28). The SMILES string of the molecule is CC(C)c1ccc(-c2noc(COC(=O)CNC(=O)NCc3ccccc3)n2)cc1. The summed E-state index contributed by atoms with van der Waals surface area (Å²) in [5, 5.41) is 9.01. The first kappa shape index (κ1) is 21.0. The van der Waals surface area contributed by atoms with Crippen LogP contribution in [0.1, 0.15) is 36.8 Å². The molecule has 0 spiro atoms. The second-order valence-electron chi connectivity index (χ2n) is 6.97. The van der Waals surface area contributed by atoms with E-state index in [0.29, 0.717) is 18.3 Å². The van der Waals surface area contributed by atoms with Crippen LogP contribution in [0, 0.1) is 0 Å². The molecule has 3 aromatic rings. The molecule has 0 aliphatic heterocycles. The van der Waals surface area contributed by atoms with Crippen LogP contribution in [0.15, 0.2) is 59.1 Å². The van der Waals surface area contributed by atoms with Gasteiger partial charge in [0.1, 0.15) is 6.54 Å². The van der Waals surface area contributed by atoms with Gasteiger partial charge in [0, 0.05) is 12.1 Å². The van der Waals surface area contributed by atoms with Gasteiger partial charge < -0.3 is 19.9 Å². The maximum absolute atomic E-state index is 11.8. The van der Waals surface area contributed by atoms with Crippen molar-refractivity contribution in [1.29, 1.82) is 0 Å². The molecule has 0 aliphatic rings. The van der Waals surface area contributed by atoms with Gasteiger partial charge in [0.2, 0.25) is 5.82 Å². The molecule has 156 valence electrons. The molecule has 0 fully saturated rings. The molecule has 0 unspecified atom stereocenters. The van der Waals surface area contributed by atoms with Crippen LogP contribution >= 0.6 is 0 Å². The lowest BCUT2D eigenvalue weighted by Crippen LogP contribution is -2.38. The van der Waals surface area contributed by atoms with Crippen molar-refractivity contribution in [2.24, 2.45) is 0 Å². The first-order valence-corrected chi connectivity index (χ1v) is 9.65. The Morgan fingerprint density at radius 2 is 1.77 bits per heavy atom. The van der Waals surface area contributed by atoms with Crippen LogP contribution in [0.4, 0.5) is 4.79 Å². The van der Waals surface area contributed by atoms with Gasteiger partial charge in [-0.3, -0.25) is 4.79 Å². The minimum Gasteiger partial charge on any atom is -0.454 e. The zero-order valence-electron chi connectivity index (χ0n) is 16.9. The Morgan fingerprint density at radius 1 is 1.03 bits per heavy atom. The van der Waals surface area contributed by atoms with Crippen molar-refractivity contribution in [2.45, 2.75) is 32.9 Å². The fourth-order valence-corrected chi connectivity index (χ4v) is 2.63. The quantitative estimate of drug-likeness (QED) is 0.553. The number of aromatic nitrogens is 2. The van der Waals surface area contributed by atoms with Gasteiger partial charge in [-0.1, -0.05) is 73.6 Å². The fourth-order valence-electron chi connectivity index (χ4n) is 2.63. The average molecular weight is 408 g/mol. The third-order valence-corrected chi connectivity index (χ3v) is 4.35. The largest absolute Gasteiger partial charge is 0.454 e. The molecule has 30 heavy (non-hydrogen) atoms. The molecule has 1 heterocycles. The Bertz CT molecular complexity index is 968. The molecule has 2 aromatic carbocycles. The normalized spacial score (nSPS) is 10.6. The number of hydrogen-bond donors (Lipinski definition) is 2. The molecular formula is C22H24N4O4. The van der Waals surface area contributed by atoms with Crippen molar-refractivity contribution in [1.82, 2.24) is 20.8 Å². The third-order valence-electron chi connectivity index (χ3n) is 4.35. The molecule has 0 atom stereocenters. The van der Waals surface area contributed by atoms with E-state index >= 15 is 0 Å². The Balaban J connectivity index is 1.40. The summed E-state index contributed by atoms with van der Waals surface area (Å²) in [4.78, 5) is 27.8. The van der Waals surface area contributed by atoms with Crippen LogP contribution in [-0.2, 0) is 22.7 Å². The summed E-state index contributed by atoms with van der Waals surface area (Å²) in [5.74, 6) is 0.439. The maximum atomic E-state index is 11.8. The smallest absolute Gasteiger partial charge is 0.325 e. The molecule has 8 nitrogen and oxygen atoms in total. The summed E-state index contributed by atoms with van der Waals surface area (Å²) in [6.45, 7) is 4.18. The first-order chi connectivity index (χ1) is 14.5. The highest BCUT2D eigenvalue weighted by Crippen LogP contribution is 2.20. The number of nitrogens with one attached hydrogen (secondary N) is 2. The minimum absolute atomic E-state index is 0.163. The molecule has 2 amide bonds. The van der Waals surface area contributed by atoms with Crippen LogP contribution in [0.25, 0.3) is 11.4 Å². The van der Waals surface area contributed by atoms with E-state index in [9.17, 15) is 9.59 Å². The van der Waals surface area contributed by atoms with Gasteiger partial charge in [0.15, 0.2) is 6.61 Å². The van der Waals surface area contributed by atoms with Gasteiger partial charge in [-0.15, -0.1) is 0 Å². The maximum Gasteiger partial charge on any atom is 0.325 e. The number of carbonyl (C=O) groups is 2. The molecule has 1 aromatic heterocycles. The number of ether oxygens (including phenoxy) is 1. The first-order valence-electron chi connectivity index (χ1n) is 9.65. The number of esters is 1. The van der Waals surface area contributed by atoms with Gasteiger partial charge in [-0.2, -0.15) is 4.98 Å². The lowest BCUT2D eigenvalue weighted by Gasteiger charge is -2.07. The Labute approximate surface area is 174 Å². The van der Waals surface area contributed by atoms with Crippen LogP contribution in [0.5, 0.6) is 0 Å². The summed E-state index contributed by atoms with van der Waals surface area (Å²) in [6, 6.07) is 16.9. The Kier molecular flexibility index (Phi) is 7.15. The predicted molar refractivity (Wildman–Crippen MR) is 110 cm³/mol. The van der Waals surface area contributed by atoms with Crippen molar-refractivity contribution in [3.05, 3.63) is 71.6 Å². The molecular weight excluding hydrogens is 384 g/mol. The summed E-state index contributed by atoms with van der Waals surface area (Å²) < 4.78 is 10.2. The highest BCUT2D eigenvalue weighted by Gasteiger charge is 2.12. The lowest BCUT2D eigenvalue weighted by molar-refractivity contribution is -0.144. The molecule has 0 bridgehead atoms. The Morgan fingerprint density at radius 3 is 2.47 bits per heavy atom. The van der Waals surface area contributed by atoms with E-state index in [1.54, 1.807) is 0 Å². The van der Waals surface area contributed by atoms with E-state index in [2.05, 4.69) is 34.6 Å². The van der Waals surface area contributed by atoms with Crippen molar-refractivity contribution in [3.63, 3.8) is 0 Å². The summed E-state index contributed by atoms with van der Waals surface area (Å²) in [5.41, 5.74) is 3.00. The van der Waals surface area contributed by atoms with Crippen molar-refractivity contribution in [3.8, 4) is 11.4 Å². The van der Waals surface area contributed by atoms with E-state index < -0.39 is 12.0 Å². The number of rotatable bonds is 8. The van der Waals surface area contributed by atoms with E-state index in [1.165, 1.54) is 5.56 Å². The van der Waals surface area contributed by atoms with Crippen LogP contribution in [0.2, 0.25) is 0 Å². The van der Waals surface area contributed by atoms with E-state index in [0.717, 1.165) is 11.1 Å². The minimum atomic E-state index is -0.606. The fraction of sp³-hybridized carbons (Fsp3) is 0.273. The monoisotopic (exact) mass is 408 g/mol. The van der Waals surface area contributed by atoms with Crippen LogP contribution < -0.4 is 10.6 Å². The molecule has 0 aliphatic carbocycles. The second-order valence-corrected chi connectivity index (χ2v) is 6.97. The zero-order valence-corrected chi connectivity index (χ0v) is 16.9. The van der Waals surface area contributed by atoms with Gasteiger partial charge >= 0.3 is 12.0 Å². The van der Waals surface area contributed by atoms with E-state index in [4.69, 9.17) is 9.26 Å². The molecule has 0 radical (unpaired) electrons. The number of benzene rings is 2. The predicted octanol–water partition coefficient (Wildman–Crippen LogP) is 3.40. The summed E-state index contributed by atoms with van der Waals surface area (Å²) >= 11 is 0. The van der Waals surface area contributed by atoms with Gasteiger partial charge in [0.25, 0.3) is 5.89 Å². The van der Waals surface area contributed by atoms with Crippen molar-refractivity contribution >= 4 is 12.0 Å². The number of amides is 2. The van der Waals surface area contributed by atoms with Gasteiger partial charge in [-0.25, -0.2) is 4.79 Å². The summed E-state index contributed by atoms with van der Waals surface area (Å²) in [7, 11) is 0. The van der Waals surface area contributed by atoms with E-state index in [1.807, 2.05) is 54.6 Å². The van der Waals surface area contributed by atoms with E-state index in [-0.39, 0.29) is 19.0 Å². The van der Waals surface area contributed by atoms with Gasteiger partial charge in [-0.05, 0) is 17.0 Å². The Hall–Kier alpha value is -3.68. The second kappa shape index (κ2) is 10.2. The van der Waals surface area contributed by atoms with Crippen molar-refractivity contribution in [2.75, 3.05) is 6.54 Å². The molecule has 3 rings (SSSR count). The number of urea groups is 1. The number of hydrogen-bond acceptors (Lipinski definition) is 6. The number of nitrogens with zero attached hydrogens (tertiary/aromatic N) is 2. The average Bonchev–Trinajstić information content (AvgIpc) is 3.24. The number of carbonyl (C=O) groups excluding carboxylic acids is 2. The van der Waals surface area contributed by atoms with Crippen LogP contribution in [0.3, 0.4) is 0 Å². The lowest BCUT2D eigenvalue weighted by atomic mass is 10.0. The highest BCUT2D eigenvalue weighted by atomic mass is 16.6. The zero-order chi connectivity index (χ0) is 21.3. The van der Waals surface area contributed by atoms with Gasteiger partial charge in [0.05, 0.1) is 0 Å².